The predicted octanol–water partition coefficient (Wildman–Crippen LogP) is 4.87. The molecule has 4 N–H and O–H groups in total. The molecule has 0 spiro atoms. The number of ether oxygens (including phenoxy) is 3. The number of amidine groups is 1. The molecule has 0 saturated carbocycles. The minimum Gasteiger partial charge on any atom is -0.481 e. The lowest BCUT2D eigenvalue weighted by atomic mass is 10.0. The molecule has 1 fully saturated rings. The van der Waals surface area contributed by atoms with E-state index in [9.17, 15) is 13.2 Å². The highest BCUT2D eigenvalue weighted by atomic mass is 19.4. The van der Waals surface area contributed by atoms with Gasteiger partial charge in [0.1, 0.15) is 29.9 Å². The van der Waals surface area contributed by atoms with E-state index in [1.807, 2.05) is 0 Å². The first-order valence-corrected chi connectivity index (χ1v) is 12.0. The van der Waals surface area contributed by atoms with Crippen LogP contribution in [-0.4, -0.2) is 51.2 Å². The molecule has 0 aliphatic carbocycles. The second-order valence-electron chi connectivity index (χ2n) is 8.49. The molecule has 1 atom stereocenters. The average molecular weight is 542 g/mol. The van der Waals surface area contributed by atoms with E-state index in [-0.39, 0.29) is 43.9 Å². The number of nitrogen functional groups attached to an aromatic ring is 1. The molecule has 204 valence electrons. The molecule has 0 bridgehead atoms. The zero-order chi connectivity index (χ0) is 27.8. The second-order valence-corrected chi connectivity index (χ2v) is 8.49. The number of terminal acetylenes is 1. The maximum atomic E-state index is 13.3. The Morgan fingerprint density at radius 2 is 1.87 bits per heavy atom. The van der Waals surface area contributed by atoms with Crippen molar-refractivity contribution in [2.24, 2.45) is 0 Å². The summed E-state index contributed by atoms with van der Waals surface area (Å²) in [6, 6.07) is 11.6. The van der Waals surface area contributed by atoms with Crippen molar-refractivity contribution in [1.82, 2.24) is 19.9 Å². The summed E-state index contributed by atoms with van der Waals surface area (Å²) in [5, 5.41) is 11.0. The minimum atomic E-state index is -4.45. The summed E-state index contributed by atoms with van der Waals surface area (Å²) < 4.78 is 56.6. The smallest absolute Gasteiger partial charge is 0.408 e. The molecule has 1 aromatic heterocycles. The van der Waals surface area contributed by atoms with Crippen LogP contribution in [-0.2, 0) is 11.3 Å². The summed E-state index contributed by atoms with van der Waals surface area (Å²) in [7, 11) is 0. The molecule has 4 rings (SSSR count). The van der Waals surface area contributed by atoms with Crippen molar-refractivity contribution in [1.29, 1.82) is 5.41 Å². The van der Waals surface area contributed by atoms with Gasteiger partial charge in [-0.2, -0.15) is 28.1 Å². The van der Waals surface area contributed by atoms with Gasteiger partial charge in [0.15, 0.2) is 12.4 Å². The summed E-state index contributed by atoms with van der Waals surface area (Å²) in [6.45, 7) is -0.114. The van der Waals surface area contributed by atoms with Gasteiger partial charge in [-0.1, -0.05) is 12.0 Å². The lowest BCUT2D eigenvalue weighted by Crippen LogP contribution is -2.51. The van der Waals surface area contributed by atoms with E-state index in [0.29, 0.717) is 35.8 Å². The van der Waals surface area contributed by atoms with E-state index in [0.717, 1.165) is 4.90 Å². The molecule has 2 aromatic carbocycles. The van der Waals surface area contributed by atoms with Crippen LogP contribution in [0, 0.1) is 17.8 Å². The molecule has 1 saturated heterocycles. The largest absolute Gasteiger partial charge is 0.481 e. The Bertz CT molecular complexity index is 1330. The lowest BCUT2D eigenvalue weighted by molar-refractivity contribution is -0.182. The first-order valence-electron chi connectivity index (χ1n) is 12.0. The Hall–Kier alpha value is -4.73. The first kappa shape index (κ1) is 27.3. The molecule has 39 heavy (non-hydrogen) atoms. The third-order valence-electron chi connectivity index (χ3n) is 5.65. The van der Waals surface area contributed by atoms with Crippen LogP contribution in [0.15, 0.2) is 48.5 Å². The number of piperidine rings is 1. The van der Waals surface area contributed by atoms with Crippen LogP contribution in [0.4, 0.5) is 30.8 Å². The number of nitrogens with zero attached hydrogens (tertiary/aromatic N) is 4. The normalized spacial score (nSPS) is 15.2. The van der Waals surface area contributed by atoms with Gasteiger partial charge in [-0.05, 0) is 55.7 Å². The SMILES string of the molecule is C#CCOc1cccc(Oc2ccc(Nc3nc(N)nc(COC(=N)N4CCCCC4C(F)(F)F)n3)cc2)c1. The van der Waals surface area contributed by atoms with Crippen molar-refractivity contribution < 1.29 is 27.4 Å². The van der Waals surface area contributed by atoms with Gasteiger partial charge in [0, 0.05) is 18.3 Å². The number of likely N-dealkylation sites (tertiary alicyclic amines) is 1. The van der Waals surface area contributed by atoms with E-state index >= 15 is 0 Å². The van der Waals surface area contributed by atoms with Crippen molar-refractivity contribution in [2.75, 3.05) is 24.2 Å². The quantitative estimate of drug-likeness (QED) is 0.208. The fourth-order valence-electron chi connectivity index (χ4n) is 3.91. The van der Waals surface area contributed by atoms with Gasteiger partial charge in [-0.15, -0.1) is 6.42 Å². The molecule has 0 amide bonds. The van der Waals surface area contributed by atoms with Crippen LogP contribution in [0.2, 0.25) is 0 Å². The molecule has 1 aliphatic heterocycles. The number of hydrogen-bond donors (Lipinski definition) is 3. The maximum absolute atomic E-state index is 13.3. The maximum Gasteiger partial charge on any atom is 0.408 e. The minimum absolute atomic E-state index is 0.0576. The van der Waals surface area contributed by atoms with Gasteiger partial charge < -0.3 is 30.2 Å². The number of nitrogens with two attached hydrogens (primary N) is 1. The van der Waals surface area contributed by atoms with Gasteiger partial charge in [0.2, 0.25) is 11.9 Å². The van der Waals surface area contributed by atoms with Crippen LogP contribution in [0.3, 0.4) is 0 Å². The molecule has 13 heteroatoms. The molecule has 2 heterocycles. The van der Waals surface area contributed by atoms with Gasteiger partial charge >= 0.3 is 6.18 Å². The third-order valence-corrected chi connectivity index (χ3v) is 5.65. The number of aromatic nitrogens is 3. The van der Waals surface area contributed by atoms with Crippen molar-refractivity contribution in [2.45, 2.75) is 38.1 Å². The van der Waals surface area contributed by atoms with Crippen LogP contribution in [0.25, 0.3) is 0 Å². The van der Waals surface area contributed by atoms with Crippen LogP contribution in [0.5, 0.6) is 17.2 Å². The highest BCUT2D eigenvalue weighted by molar-refractivity contribution is 5.71. The second kappa shape index (κ2) is 12.2. The Morgan fingerprint density at radius 1 is 1.10 bits per heavy atom. The molecular weight excluding hydrogens is 515 g/mol. The summed E-state index contributed by atoms with van der Waals surface area (Å²) in [5.41, 5.74) is 6.39. The molecule has 0 radical (unpaired) electrons. The summed E-state index contributed by atoms with van der Waals surface area (Å²) in [6.07, 6.45) is 1.66. The highest BCUT2D eigenvalue weighted by Gasteiger charge is 2.46. The van der Waals surface area contributed by atoms with Crippen LogP contribution in [0.1, 0.15) is 25.1 Å². The van der Waals surface area contributed by atoms with Crippen molar-refractivity contribution in [3.63, 3.8) is 0 Å². The molecule has 3 aromatic rings. The van der Waals surface area contributed by atoms with Crippen LogP contribution < -0.4 is 20.5 Å². The van der Waals surface area contributed by atoms with Gasteiger partial charge in [-0.3, -0.25) is 5.41 Å². The van der Waals surface area contributed by atoms with Gasteiger partial charge in [0.25, 0.3) is 6.02 Å². The van der Waals surface area contributed by atoms with Crippen molar-refractivity contribution >= 4 is 23.6 Å². The summed E-state index contributed by atoms with van der Waals surface area (Å²) in [5.74, 6) is 4.16. The third kappa shape index (κ3) is 7.64. The molecule has 10 nitrogen and oxygen atoms in total. The zero-order valence-electron chi connectivity index (χ0n) is 20.7. The average Bonchev–Trinajstić information content (AvgIpc) is 2.91. The topological polar surface area (TPSA) is 132 Å². The number of benzene rings is 2. The predicted molar refractivity (Wildman–Crippen MR) is 138 cm³/mol. The number of rotatable bonds is 8. The fraction of sp³-hybridized carbons (Fsp3) is 0.308. The van der Waals surface area contributed by atoms with E-state index in [4.69, 9.17) is 31.8 Å². The van der Waals surface area contributed by atoms with Gasteiger partial charge in [0.05, 0.1) is 0 Å². The standard InChI is InChI=1S/C26H26F3N7O3/c1-2-14-37-19-6-5-7-20(15-19)39-18-11-9-17(10-12-18)32-25-34-22(33-23(30)35-25)16-38-24(31)36-13-4-3-8-21(36)26(27,28)29/h1,5-7,9-12,15,21,31H,3-4,8,13-14,16H2,(H3,30,32,33,34,35). The lowest BCUT2D eigenvalue weighted by Gasteiger charge is -2.37. The number of anilines is 3. The van der Waals surface area contributed by atoms with Crippen molar-refractivity contribution in [3.05, 3.63) is 54.4 Å². The Morgan fingerprint density at radius 3 is 2.62 bits per heavy atom. The fourth-order valence-corrected chi connectivity index (χ4v) is 3.91. The Balaban J connectivity index is 1.36. The summed E-state index contributed by atoms with van der Waals surface area (Å²) >= 11 is 0. The Labute approximate surface area is 222 Å². The van der Waals surface area contributed by atoms with E-state index in [2.05, 4.69) is 26.2 Å². The van der Waals surface area contributed by atoms with E-state index in [1.165, 1.54) is 0 Å². The number of nitrogens with one attached hydrogen (secondary N) is 2. The molecular formula is C26H26F3N7O3. The van der Waals surface area contributed by atoms with E-state index < -0.39 is 18.2 Å². The number of hydrogen-bond acceptors (Lipinski definition) is 9. The number of halogens is 3. The number of alkyl halides is 3. The van der Waals surface area contributed by atoms with E-state index in [1.54, 1.807) is 48.5 Å². The Kier molecular flexibility index (Phi) is 8.55. The van der Waals surface area contributed by atoms with Crippen molar-refractivity contribution in [3.8, 4) is 29.6 Å². The summed E-state index contributed by atoms with van der Waals surface area (Å²) in [4.78, 5) is 13.1. The zero-order valence-corrected chi connectivity index (χ0v) is 20.7. The van der Waals surface area contributed by atoms with Crippen LogP contribution >= 0.6 is 0 Å². The van der Waals surface area contributed by atoms with Gasteiger partial charge in [-0.25, -0.2) is 0 Å². The monoisotopic (exact) mass is 541 g/mol. The highest BCUT2D eigenvalue weighted by Crippen LogP contribution is 2.32. The first-order chi connectivity index (χ1) is 18.7. The molecule has 1 unspecified atom stereocenters. The molecule has 1 aliphatic rings.